The van der Waals surface area contributed by atoms with E-state index in [2.05, 4.69) is 26.1 Å². The van der Waals surface area contributed by atoms with Gasteiger partial charge in [0.1, 0.15) is 11.3 Å². The summed E-state index contributed by atoms with van der Waals surface area (Å²) in [5.41, 5.74) is 1.20. The number of hydrogen-bond donors (Lipinski definition) is 1. The Bertz CT molecular complexity index is 732. The predicted octanol–water partition coefficient (Wildman–Crippen LogP) is 3.27. The molecule has 5 nitrogen and oxygen atoms in total. The van der Waals surface area contributed by atoms with Gasteiger partial charge in [0.2, 0.25) is 0 Å². The first-order valence-electron chi connectivity index (χ1n) is 5.62. The molecule has 0 spiro atoms. The summed E-state index contributed by atoms with van der Waals surface area (Å²) in [6.07, 6.45) is 5.12. The van der Waals surface area contributed by atoms with Crippen molar-refractivity contribution in [3.8, 4) is 0 Å². The topological polar surface area (TPSA) is 63.6 Å². The molecule has 2 aromatic heterocycles. The van der Waals surface area contributed by atoms with Crippen LogP contribution >= 0.6 is 15.9 Å². The minimum Gasteiger partial charge on any atom is -0.455 e. The fraction of sp³-hybridized carbons (Fsp3) is 0.0769. The van der Waals surface area contributed by atoms with Crippen LogP contribution in [-0.2, 0) is 6.54 Å². The maximum absolute atomic E-state index is 9.14. The molecule has 19 heavy (non-hydrogen) atoms. The number of benzene rings is 1. The van der Waals surface area contributed by atoms with Crippen LogP contribution in [0.5, 0.6) is 0 Å². The number of rotatable bonds is 3. The van der Waals surface area contributed by atoms with Gasteiger partial charge in [-0.3, -0.25) is 0 Å². The van der Waals surface area contributed by atoms with Crippen LogP contribution < -0.4 is 0 Å². The van der Waals surface area contributed by atoms with E-state index in [4.69, 9.17) is 9.62 Å². The average Bonchev–Trinajstić information content (AvgIpc) is 3.03. The van der Waals surface area contributed by atoms with Gasteiger partial charge in [0.15, 0.2) is 5.76 Å². The van der Waals surface area contributed by atoms with Crippen molar-refractivity contribution >= 4 is 32.6 Å². The molecule has 0 bridgehead atoms. The summed E-state index contributed by atoms with van der Waals surface area (Å²) >= 11 is 3.41. The molecule has 2 heterocycles. The molecule has 0 saturated heterocycles. The fourth-order valence-corrected chi connectivity index (χ4v) is 2.25. The Balaban J connectivity index is 1.97. The molecular formula is C13H10BrN3O2. The van der Waals surface area contributed by atoms with Gasteiger partial charge in [-0.25, -0.2) is 4.98 Å². The minimum absolute atomic E-state index is 0.400. The molecule has 0 saturated carbocycles. The Morgan fingerprint density at radius 2 is 2.32 bits per heavy atom. The van der Waals surface area contributed by atoms with Crippen LogP contribution in [0.25, 0.3) is 11.0 Å². The lowest BCUT2D eigenvalue weighted by Gasteiger charge is -2.01. The first-order valence-corrected chi connectivity index (χ1v) is 6.42. The highest BCUT2D eigenvalue weighted by Crippen LogP contribution is 2.24. The zero-order chi connectivity index (χ0) is 13.2. The van der Waals surface area contributed by atoms with Crippen molar-refractivity contribution in [2.45, 2.75) is 6.54 Å². The van der Waals surface area contributed by atoms with E-state index in [-0.39, 0.29) is 0 Å². The van der Waals surface area contributed by atoms with Gasteiger partial charge < -0.3 is 14.2 Å². The molecule has 96 valence electrons. The summed E-state index contributed by atoms with van der Waals surface area (Å²) in [6.45, 7) is 0.400. The Kier molecular flexibility index (Phi) is 3.08. The van der Waals surface area contributed by atoms with Gasteiger partial charge in [-0.15, -0.1) is 0 Å². The van der Waals surface area contributed by atoms with Crippen molar-refractivity contribution in [2.24, 2.45) is 5.16 Å². The first kappa shape index (κ1) is 12.0. The summed E-state index contributed by atoms with van der Waals surface area (Å²) < 4.78 is 8.46. The van der Waals surface area contributed by atoms with E-state index in [1.54, 1.807) is 23.3 Å². The van der Waals surface area contributed by atoms with Crippen molar-refractivity contribution < 1.29 is 9.62 Å². The van der Waals surface area contributed by atoms with E-state index < -0.39 is 0 Å². The van der Waals surface area contributed by atoms with Crippen molar-refractivity contribution in [3.05, 3.63) is 53.2 Å². The number of nitrogens with zero attached hydrogens (tertiary/aromatic N) is 3. The largest absolute Gasteiger partial charge is 0.455 e. The molecule has 1 N–H and O–H groups in total. The van der Waals surface area contributed by atoms with E-state index in [0.717, 1.165) is 15.4 Å². The maximum atomic E-state index is 9.14. The number of furan rings is 1. The second-order valence-corrected chi connectivity index (χ2v) is 4.99. The number of halogens is 1. The highest BCUT2D eigenvalue weighted by molar-refractivity contribution is 9.10. The molecular weight excluding hydrogens is 310 g/mol. The molecule has 3 rings (SSSR count). The number of oxime groups is 1. The van der Waals surface area contributed by atoms with Gasteiger partial charge in [0.25, 0.3) is 0 Å². The highest BCUT2D eigenvalue weighted by atomic mass is 79.9. The SMILES string of the molecule is ON=C(Cn1ccnc1)c1cc2cc(Br)ccc2o1. The molecule has 0 atom stereocenters. The lowest BCUT2D eigenvalue weighted by atomic mass is 10.2. The summed E-state index contributed by atoms with van der Waals surface area (Å²) in [4.78, 5) is 3.95. The van der Waals surface area contributed by atoms with Gasteiger partial charge in [0.05, 0.1) is 12.9 Å². The van der Waals surface area contributed by atoms with E-state index in [9.17, 15) is 0 Å². The maximum Gasteiger partial charge on any atom is 0.154 e. The molecule has 6 heteroatoms. The van der Waals surface area contributed by atoms with Crippen LogP contribution in [0.15, 0.2) is 57.0 Å². The Hall–Kier alpha value is -2.08. The third-order valence-corrected chi connectivity index (χ3v) is 3.27. The van der Waals surface area contributed by atoms with E-state index in [0.29, 0.717) is 18.0 Å². The lowest BCUT2D eigenvalue weighted by molar-refractivity contribution is 0.316. The normalized spacial score (nSPS) is 12.2. The molecule has 0 fully saturated rings. The molecule has 0 amide bonds. The number of imidazole rings is 1. The van der Waals surface area contributed by atoms with Crippen molar-refractivity contribution in [3.63, 3.8) is 0 Å². The van der Waals surface area contributed by atoms with E-state index >= 15 is 0 Å². The Morgan fingerprint density at radius 1 is 1.42 bits per heavy atom. The summed E-state index contributed by atoms with van der Waals surface area (Å²) in [7, 11) is 0. The third-order valence-electron chi connectivity index (χ3n) is 2.78. The smallest absolute Gasteiger partial charge is 0.154 e. The summed E-state index contributed by atoms with van der Waals surface area (Å²) in [6, 6.07) is 7.58. The third kappa shape index (κ3) is 2.39. The predicted molar refractivity (Wildman–Crippen MR) is 74.5 cm³/mol. The van der Waals surface area contributed by atoms with Crippen molar-refractivity contribution in [2.75, 3.05) is 0 Å². The zero-order valence-corrected chi connectivity index (χ0v) is 11.4. The molecule has 0 unspecified atom stereocenters. The second-order valence-electron chi connectivity index (χ2n) is 4.07. The van der Waals surface area contributed by atoms with E-state index in [1.165, 1.54) is 0 Å². The van der Waals surface area contributed by atoms with E-state index in [1.807, 2.05) is 24.3 Å². The monoisotopic (exact) mass is 319 g/mol. The van der Waals surface area contributed by atoms with Gasteiger partial charge in [-0.2, -0.15) is 0 Å². The molecule has 0 radical (unpaired) electrons. The summed E-state index contributed by atoms with van der Waals surface area (Å²) in [5.74, 6) is 0.546. The van der Waals surface area contributed by atoms with Gasteiger partial charge in [-0.1, -0.05) is 21.1 Å². The standard InChI is InChI=1S/C13H10BrN3O2/c14-10-1-2-12-9(5-10)6-13(19-12)11(16-18)7-17-4-3-15-8-17/h1-6,8,18H,7H2. The van der Waals surface area contributed by atoms with Crippen LogP contribution in [0.2, 0.25) is 0 Å². The van der Waals surface area contributed by atoms with Crippen LogP contribution in [0.4, 0.5) is 0 Å². The molecule has 0 aliphatic carbocycles. The van der Waals surface area contributed by atoms with Crippen LogP contribution in [-0.4, -0.2) is 20.5 Å². The fourth-order valence-electron chi connectivity index (χ4n) is 1.87. The first-order chi connectivity index (χ1) is 9.26. The number of hydrogen-bond acceptors (Lipinski definition) is 4. The quantitative estimate of drug-likeness (QED) is 0.458. The average molecular weight is 320 g/mol. The lowest BCUT2D eigenvalue weighted by Crippen LogP contribution is -2.09. The second kappa shape index (κ2) is 4.89. The number of fused-ring (bicyclic) bond motifs is 1. The van der Waals surface area contributed by atoms with Gasteiger partial charge in [0, 0.05) is 22.3 Å². The Morgan fingerprint density at radius 3 is 3.05 bits per heavy atom. The van der Waals surface area contributed by atoms with Crippen LogP contribution in [0, 0.1) is 0 Å². The van der Waals surface area contributed by atoms with Crippen LogP contribution in [0.3, 0.4) is 0 Å². The molecule has 3 aromatic rings. The zero-order valence-electron chi connectivity index (χ0n) is 9.82. The molecule has 1 aromatic carbocycles. The van der Waals surface area contributed by atoms with Gasteiger partial charge in [-0.05, 0) is 24.3 Å². The minimum atomic E-state index is 0.400. The molecule has 0 aliphatic rings. The van der Waals surface area contributed by atoms with Crippen molar-refractivity contribution in [1.29, 1.82) is 0 Å². The number of aromatic nitrogens is 2. The van der Waals surface area contributed by atoms with Crippen LogP contribution in [0.1, 0.15) is 5.76 Å². The van der Waals surface area contributed by atoms with Gasteiger partial charge >= 0.3 is 0 Å². The summed E-state index contributed by atoms with van der Waals surface area (Å²) in [5, 5.41) is 13.4. The van der Waals surface area contributed by atoms with Crippen molar-refractivity contribution in [1.82, 2.24) is 9.55 Å². The Labute approximate surface area is 117 Å². The molecule has 0 aliphatic heterocycles. The highest BCUT2D eigenvalue weighted by Gasteiger charge is 2.12.